The van der Waals surface area contributed by atoms with Crippen LogP contribution in [-0.2, 0) is 11.3 Å². The van der Waals surface area contributed by atoms with Crippen molar-refractivity contribution in [2.45, 2.75) is 32.4 Å². The predicted octanol–water partition coefficient (Wildman–Crippen LogP) is 1.03. The smallest absolute Gasteiger partial charge is 0.189 e. The number of hydrogen-bond donors (Lipinski definition) is 2. The first kappa shape index (κ1) is 12.3. The van der Waals surface area contributed by atoms with Gasteiger partial charge in [-0.15, -0.1) is 11.3 Å². The van der Waals surface area contributed by atoms with Crippen molar-refractivity contribution in [3.63, 3.8) is 0 Å². The Bertz CT molecular complexity index is 385. The SMILES string of the molecule is Cc1ncc(CN=C(N)NCC2CCCO2)s1. The average molecular weight is 254 g/mol. The minimum Gasteiger partial charge on any atom is -0.376 e. The van der Waals surface area contributed by atoms with E-state index >= 15 is 0 Å². The predicted molar refractivity (Wildman–Crippen MR) is 69.2 cm³/mol. The average Bonchev–Trinajstić information content (AvgIpc) is 2.95. The van der Waals surface area contributed by atoms with Gasteiger partial charge in [0.1, 0.15) is 0 Å². The summed E-state index contributed by atoms with van der Waals surface area (Å²) in [6.07, 6.45) is 4.38. The van der Waals surface area contributed by atoms with Gasteiger partial charge in [0, 0.05) is 24.2 Å². The van der Waals surface area contributed by atoms with Gasteiger partial charge in [-0.2, -0.15) is 0 Å². The van der Waals surface area contributed by atoms with Crippen LogP contribution in [0.3, 0.4) is 0 Å². The molecule has 1 aliphatic heterocycles. The number of nitrogens with zero attached hydrogens (tertiary/aromatic N) is 2. The Hall–Kier alpha value is -1.14. The Labute approximate surface area is 105 Å². The summed E-state index contributed by atoms with van der Waals surface area (Å²) >= 11 is 1.65. The van der Waals surface area contributed by atoms with E-state index in [1.807, 2.05) is 13.1 Å². The molecule has 1 unspecified atom stereocenters. The van der Waals surface area contributed by atoms with E-state index in [4.69, 9.17) is 10.5 Å². The lowest BCUT2D eigenvalue weighted by atomic mass is 10.2. The van der Waals surface area contributed by atoms with Crippen LogP contribution in [0, 0.1) is 6.92 Å². The molecule has 3 N–H and O–H groups in total. The second-order valence-corrected chi connectivity index (χ2v) is 5.38. The summed E-state index contributed by atoms with van der Waals surface area (Å²) < 4.78 is 5.49. The number of guanidine groups is 1. The number of nitrogens with two attached hydrogens (primary N) is 1. The molecule has 1 atom stereocenters. The third-order valence-corrected chi connectivity index (χ3v) is 3.51. The van der Waals surface area contributed by atoms with Crippen LogP contribution >= 0.6 is 11.3 Å². The molecule has 94 valence electrons. The van der Waals surface area contributed by atoms with Crippen molar-refractivity contribution in [1.29, 1.82) is 0 Å². The zero-order valence-electron chi connectivity index (χ0n) is 9.98. The summed E-state index contributed by atoms with van der Waals surface area (Å²) in [5, 5.41) is 4.15. The van der Waals surface area contributed by atoms with Gasteiger partial charge in [-0.3, -0.25) is 0 Å². The molecule has 2 heterocycles. The van der Waals surface area contributed by atoms with E-state index in [1.54, 1.807) is 11.3 Å². The molecule has 17 heavy (non-hydrogen) atoms. The number of thiazole rings is 1. The van der Waals surface area contributed by atoms with Crippen molar-refractivity contribution in [1.82, 2.24) is 10.3 Å². The number of aromatic nitrogens is 1. The number of aliphatic imine (C=N–C) groups is 1. The van der Waals surface area contributed by atoms with Crippen molar-refractivity contribution in [3.8, 4) is 0 Å². The lowest BCUT2D eigenvalue weighted by Gasteiger charge is -2.10. The molecule has 5 nitrogen and oxygen atoms in total. The standard InChI is InChI=1S/C11H18N4OS/c1-8-13-6-10(17-8)7-15-11(12)14-5-9-3-2-4-16-9/h6,9H,2-5,7H2,1H3,(H3,12,14,15). The minimum atomic E-state index is 0.286. The maximum Gasteiger partial charge on any atom is 0.189 e. The van der Waals surface area contributed by atoms with E-state index in [1.165, 1.54) is 0 Å². The zero-order valence-corrected chi connectivity index (χ0v) is 10.8. The highest BCUT2D eigenvalue weighted by molar-refractivity contribution is 7.11. The molecule has 0 aliphatic carbocycles. The van der Waals surface area contributed by atoms with Crippen LogP contribution in [-0.4, -0.2) is 30.2 Å². The van der Waals surface area contributed by atoms with Crippen molar-refractivity contribution >= 4 is 17.3 Å². The summed E-state index contributed by atoms with van der Waals surface area (Å²) in [6, 6.07) is 0. The molecule has 0 amide bonds. The van der Waals surface area contributed by atoms with Gasteiger partial charge in [-0.05, 0) is 19.8 Å². The quantitative estimate of drug-likeness (QED) is 0.622. The molecule has 1 aliphatic rings. The van der Waals surface area contributed by atoms with Crippen LogP contribution in [0.4, 0.5) is 0 Å². The summed E-state index contributed by atoms with van der Waals surface area (Å²) in [7, 11) is 0. The fourth-order valence-corrected chi connectivity index (χ4v) is 2.44. The van der Waals surface area contributed by atoms with Crippen LogP contribution < -0.4 is 11.1 Å². The molecule has 2 rings (SSSR count). The molecule has 1 aromatic rings. The van der Waals surface area contributed by atoms with E-state index in [9.17, 15) is 0 Å². The molecular weight excluding hydrogens is 236 g/mol. The van der Waals surface area contributed by atoms with Gasteiger partial charge in [0.05, 0.1) is 17.7 Å². The van der Waals surface area contributed by atoms with E-state index < -0.39 is 0 Å². The number of rotatable bonds is 4. The largest absolute Gasteiger partial charge is 0.376 e. The molecule has 1 fully saturated rings. The van der Waals surface area contributed by atoms with Gasteiger partial charge in [-0.25, -0.2) is 9.98 Å². The molecule has 0 bridgehead atoms. The Morgan fingerprint density at radius 2 is 2.65 bits per heavy atom. The molecule has 1 saturated heterocycles. The van der Waals surface area contributed by atoms with Gasteiger partial charge in [0.15, 0.2) is 5.96 Å². The summed E-state index contributed by atoms with van der Waals surface area (Å²) in [6.45, 7) is 4.19. The zero-order chi connectivity index (χ0) is 12.1. The summed E-state index contributed by atoms with van der Waals surface area (Å²) in [5.74, 6) is 0.478. The van der Waals surface area contributed by atoms with E-state index in [2.05, 4.69) is 15.3 Å². The molecule has 0 spiro atoms. The van der Waals surface area contributed by atoms with Gasteiger partial charge in [0.2, 0.25) is 0 Å². The number of aryl methyl sites for hydroxylation is 1. The highest BCUT2D eigenvalue weighted by atomic mass is 32.1. The number of hydrogen-bond acceptors (Lipinski definition) is 4. The van der Waals surface area contributed by atoms with Crippen molar-refractivity contribution < 1.29 is 4.74 Å². The second-order valence-electron chi connectivity index (χ2n) is 4.06. The lowest BCUT2D eigenvalue weighted by Crippen LogP contribution is -2.37. The third kappa shape index (κ3) is 3.98. The van der Waals surface area contributed by atoms with E-state index in [0.29, 0.717) is 12.5 Å². The van der Waals surface area contributed by atoms with Gasteiger partial charge >= 0.3 is 0 Å². The Morgan fingerprint density at radius 3 is 3.29 bits per heavy atom. The topological polar surface area (TPSA) is 72.5 Å². The van der Waals surface area contributed by atoms with Crippen molar-refractivity contribution in [2.24, 2.45) is 10.7 Å². The molecule has 0 aromatic carbocycles. The Balaban J connectivity index is 1.73. The molecule has 0 radical (unpaired) electrons. The van der Waals surface area contributed by atoms with E-state index in [-0.39, 0.29) is 6.10 Å². The number of nitrogens with one attached hydrogen (secondary N) is 1. The Morgan fingerprint density at radius 1 is 1.76 bits per heavy atom. The molecule has 0 saturated carbocycles. The highest BCUT2D eigenvalue weighted by Gasteiger charge is 2.14. The lowest BCUT2D eigenvalue weighted by molar-refractivity contribution is 0.114. The maximum absolute atomic E-state index is 5.77. The normalized spacial score (nSPS) is 20.8. The van der Waals surface area contributed by atoms with Crippen LogP contribution in [0.2, 0.25) is 0 Å². The first-order chi connectivity index (χ1) is 8.24. The van der Waals surface area contributed by atoms with Gasteiger partial charge < -0.3 is 15.8 Å². The minimum absolute atomic E-state index is 0.286. The monoisotopic (exact) mass is 254 g/mol. The fraction of sp³-hybridized carbons (Fsp3) is 0.636. The molecule has 1 aromatic heterocycles. The maximum atomic E-state index is 5.77. The van der Waals surface area contributed by atoms with Crippen LogP contribution in [0.25, 0.3) is 0 Å². The van der Waals surface area contributed by atoms with Crippen LogP contribution in [0.15, 0.2) is 11.2 Å². The second kappa shape index (κ2) is 5.97. The summed E-state index contributed by atoms with van der Waals surface area (Å²) in [4.78, 5) is 9.57. The fourth-order valence-electron chi connectivity index (χ4n) is 1.72. The first-order valence-corrected chi connectivity index (χ1v) is 6.62. The van der Waals surface area contributed by atoms with E-state index in [0.717, 1.165) is 35.9 Å². The van der Waals surface area contributed by atoms with Crippen molar-refractivity contribution in [3.05, 3.63) is 16.1 Å². The highest BCUT2D eigenvalue weighted by Crippen LogP contribution is 2.12. The van der Waals surface area contributed by atoms with Crippen molar-refractivity contribution in [2.75, 3.05) is 13.2 Å². The van der Waals surface area contributed by atoms with Gasteiger partial charge in [0.25, 0.3) is 0 Å². The first-order valence-electron chi connectivity index (χ1n) is 5.81. The van der Waals surface area contributed by atoms with Gasteiger partial charge in [-0.1, -0.05) is 0 Å². The number of ether oxygens (including phenoxy) is 1. The molecular formula is C11H18N4OS. The van der Waals surface area contributed by atoms with Crippen LogP contribution in [0.5, 0.6) is 0 Å². The Kier molecular flexibility index (Phi) is 4.33. The third-order valence-electron chi connectivity index (χ3n) is 2.61. The molecule has 6 heteroatoms. The van der Waals surface area contributed by atoms with Crippen LogP contribution in [0.1, 0.15) is 22.7 Å². The summed E-state index contributed by atoms with van der Waals surface area (Å²) in [5.41, 5.74) is 5.77.